The third kappa shape index (κ3) is 2.27. The van der Waals surface area contributed by atoms with E-state index in [0.29, 0.717) is 17.0 Å². The maximum Gasteiger partial charge on any atom is 0.251 e. The molecule has 0 radical (unpaired) electrons. The van der Waals surface area contributed by atoms with E-state index < -0.39 is 11.8 Å². The number of rotatable bonds is 4. The quantitative estimate of drug-likeness (QED) is 0.673. The summed E-state index contributed by atoms with van der Waals surface area (Å²) in [6, 6.07) is 0. The minimum absolute atomic E-state index is 0.00907. The number of hydrogen-bond acceptors (Lipinski definition) is 4. The Morgan fingerprint density at radius 2 is 1.93 bits per heavy atom. The molecule has 0 bridgehead atoms. The highest BCUT2D eigenvalue weighted by molar-refractivity contribution is 7.16. The zero-order valence-electron chi connectivity index (χ0n) is 8.37. The van der Waals surface area contributed by atoms with Crippen LogP contribution in [0.4, 0.5) is 5.00 Å². The van der Waals surface area contributed by atoms with Gasteiger partial charge in [0.2, 0.25) is 5.91 Å². The second-order valence-corrected chi connectivity index (χ2v) is 4.24. The summed E-state index contributed by atoms with van der Waals surface area (Å²) >= 11 is 1.28. The smallest absolute Gasteiger partial charge is 0.251 e. The molecule has 1 aromatic heterocycles. The summed E-state index contributed by atoms with van der Waals surface area (Å²) in [6.45, 7) is 1.92. The Morgan fingerprint density at radius 1 is 1.33 bits per heavy atom. The van der Waals surface area contributed by atoms with Crippen molar-refractivity contribution in [2.75, 3.05) is 5.73 Å². The van der Waals surface area contributed by atoms with Gasteiger partial charge in [0.05, 0.1) is 17.0 Å². The molecular weight excluding hydrogens is 214 g/mol. The average Bonchev–Trinajstić information content (AvgIpc) is 2.41. The number of primary amides is 2. The molecule has 15 heavy (non-hydrogen) atoms. The normalized spacial score (nSPS) is 10.2. The lowest BCUT2D eigenvalue weighted by Crippen LogP contribution is -2.19. The van der Waals surface area contributed by atoms with E-state index in [1.165, 1.54) is 11.3 Å². The summed E-state index contributed by atoms with van der Waals surface area (Å²) in [5.74, 6) is -1.11. The predicted molar refractivity (Wildman–Crippen MR) is 59.5 cm³/mol. The molecule has 2 amide bonds. The van der Waals surface area contributed by atoms with Gasteiger partial charge in [0, 0.05) is 4.88 Å². The fourth-order valence-electron chi connectivity index (χ4n) is 1.45. The predicted octanol–water partition coefficient (Wildman–Crippen LogP) is 0.0194. The zero-order chi connectivity index (χ0) is 11.6. The van der Waals surface area contributed by atoms with Gasteiger partial charge in [-0.1, -0.05) is 6.92 Å². The second kappa shape index (κ2) is 4.31. The molecule has 0 aliphatic carbocycles. The van der Waals surface area contributed by atoms with Crippen molar-refractivity contribution in [2.45, 2.75) is 19.8 Å². The first-order valence-electron chi connectivity index (χ1n) is 4.45. The molecule has 0 atom stereocenters. The van der Waals surface area contributed by atoms with Crippen LogP contribution < -0.4 is 17.2 Å². The maximum absolute atomic E-state index is 11.2. The Kier molecular flexibility index (Phi) is 3.31. The van der Waals surface area contributed by atoms with Gasteiger partial charge in [-0.25, -0.2) is 0 Å². The molecule has 0 spiro atoms. The first-order chi connectivity index (χ1) is 6.97. The minimum atomic E-state index is -0.611. The Bertz CT molecular complexity index is 412. The summed E-state index contributed by atoms with van der Waals surface area (Å²) in [5, 5.41) is 0.357. The molecule has 1 rings (SSSR count). The standard InChI is InChI=1S/C9H13N3O2S/c1-2-5-4(3-6(10)13)7(8(11)14)9(12)15-5/h2-3,12H2,1H3,(H2,10,13)(H2,11,14). The minimum Gasteiger partial charge on any atom is -0.390 e. The number of carbonyl (C=O) groups excluding carboxylic acids is 2. The van der Waals surface area contributed by atoms with E-state index in [4.69, 9.17) is 17.2 Å². The van der Waals surface area contributed by atoms with Crippen molar-refractivity contribution in [3.05, 3.63) is 16.0 Å². The largest absolute Gasteiger partial charge is 0.390 e. The van der Waals surface area contributed by atoms with Crippen LogP contribution in [0.5, 0.6) is 0 Å². The molecule has 6 heteroatoms. The average molecular weight is 227 g/mol. The van der Waals surface area contributed by atoms with E-state index in [0.717, 1.165) is 4.88 Å². The van der Waals surface area contributed by atoms with Crippen molar-refractivity contribution >= 4 is 28.2 Å². The summed E-state index contributed by atoms with van der Waals surface area (Å²) in [7, 11) is 0. The monoisotopic (exact) mass is 227 g/mol. The number of nitrogens with two attached hydrogens (primary N) is 3. The van der Waals surface area contributed by atoms with Gasteiger partial charge in [0.25, 0.3) is 5.91 Å². The SMILES string of the molecule is CCc1sc(N)c(C(N)=O)c1CC(N)=O. The third-order valence-electron chi connectivity index (χ3n) is 2.04. The van der Waals surface area contributed by atoms with E-state index >= 15 is 0 Å². The molecule has 6 N–H and O–H groups in total. The third-order valence-corrected chi connectivity index (χ3v) is 3.24. The first-order valence-corrected chi connectivity index (χ1v) is 5.27. The van der Waals surface area contributed by atoms with E-state index in [-0.39, 0.29) is 12.0 Å². The molecule has 82 valence electrons. The van der Waals surface area contributed by atoms with E-state index in [1.54, 1.807) is 0 Å². The van der Waals surface area contributed by atoms with Gasteiger partial charge in [-0.3, -0.25) is 9.59 Å². The van der Waals surface area contributed by atoms with Gasteiger partial charge in [0.15, 0.2) is 0 Å². The molecule has 0 fully saturated rings. The fourth-order valence-corrected chi connectivity index (χ4v) is 2.48. The Balaban J connectivity index is 3.28. The van der Waals surface area contributed by atoms with Crippen LogP contribution in [-0.2, 0) is 17.6 Å². The van der Waals surface area contributed by atoms with Crippen LogP contribution in [-0.4, -0.2) is 11.8 Å². The number of nitrogen functional groups attached to an aromatic ring is 1. The molecule has 0 aliphatic heterocycles. The lowest BCUT2D eigenvalue weighted by Gasteiger charge is -2.01. The fraction of sp³-hybridized carbons (Fsp3) is 0.333. The number of aryl methyl sites for hydroxylation is 1. The molecular formula is C9H13N3O2S. The van der Waals surface area contributed by atoms with Crippen LogP contribution in [0.3, 0.4) is 0 Å². The van der Waals surface area contributed by atoms with Crippen LogP contribution in [0.1, 0.15) is 27.7 Å². The van der Waals surface area contributed by atoms with Crippen molar-refractivity contribution in [1.29, 1.82) is 0 Å². The van der Waals surface area contributed by atoms with Crippen molar-refractivity contribution in [1.82, 2.24) is 0 Å². The summed E-state index contributed by atoms with van der Waals surface area (Å²) < 4.78 is 0. The lowest BCUT2D eigenvalue weighted by atomic mass is 10.0. The summed E-state index contributed by atoms with van der Waals surface area (Å²) in [5.41, 5.74) is 16.8. The zero-order valence-corrected chi connectivity index (χ0v) is 9.19. The number of anilines is 1. The van der Waals surface area contributed by atoms with Crippen LogP contribution in [0.2, 0.25) is 0 Å². The highest BCUT2D eigenvalue weighted by Gasteiger charge is 2.20. The topological polar surface area (TPSA) is 112 Å². The van der Waals surface area contributed by atoms with Gasteiger partial charge < -0.3 is 17.2 Å². The van der Waals surface area contributed by atoms with E-state index in [2.05, 4.69) is 0 Å². The van der Waals surface area contributed by atoms with Crippen LogP contribution >= 0.6 is 11.3 Å². The maximum atomic E-state index is 11.2. The molecule has 1 heterocycles. The molecule has 0 saturated carbocycles. The molecule has 0 unspecified atom stereocenters. The molecule has 1 aromatic rings. The molecule has 0 aromatic carbocycles. The van der Waals surface area contributed by atoms with Crippen molar-refractivity contribution in [3.8, 4) is 0 Å². The Morgan fingerprint density at radius 3 is 2.33 bits per heavy atom. The van der Waals surface area contributed by atoms with Crippen LogP contribution in [0, 0.1) is 0 Å². The number of amides is 2. The summed E-state index contributed by atoms with van der Waals surface area (Å²) in [6.07, 6.45) is 0.708. The van der Waals surface area contributed by atoms with Gasteiger partial charge >= 0.3 is 0 Å². The van der Waals surface area contributed by atoms with Crippen molar-refractivity contribution in [2.24, 2.45) is 11.5 Å². The molecule has 0 saturated heterocycles. The second-order valence-electron chi connectivity index (χ2n) is 3.10. The van der Waals surface area contributed by atoms with Crippen molar-refractivity contribution < 1.29 is 9.59 Å². The Hall–Kier alpha value is -1.56. The van der Waals surface area contributed by atoms with E-state index in [9.17, 15) is 9.59 Å². The molecule has 0 aliphatic rings. The summed E-state index contributed by atoms with van der Waals surface area (Å²) in [4.78, 5) is 22.9. The van der Waals surface area contributed by atoms with Crippen molar-refractivity contribution in [3.63, 3.8) is 0 Å². The molecule has 5 nitrogen and oxygen atoms in total. The number of hydrogen-bond donors (Lipinski definition) is 3. The number of carbonyl (C=O) groups is 2. The van der Waals surface area contributed by atoms with Crippen LogP contribution in [0.25, 0.3) is 0 Å². The van der Waals surface area contributed by atoms with Gasteiger partial charge in [0.1, 0.15) is 0 Å². The highest BCUT2D eigenvalue weighted by Crippen LogP contribution is 2.31. The van der Waals surface area contributed by atoms with Gasteiger partial charge in [-0.15, -0.1) is 11.3 Å². The van der Waals surface area contributed by atoms with Crippen LogP contribution in [0.15, 0.2) is 0 Å². The Labute approximate surface area is 91.2 Å². The van der Waals surface area contributed by atoms with Gasteiger partial charge in [-0.2, -0.15) is 0 Å². The van der Waals surface area contributed by atoms with Gasteiger partial charge in [-0.05, 0) is 12.0 Å². The highest BCUT2D eigenvalue weighted by atomic mass is 32.1. The lowest BCUT2D eigenvalue weighted by molar-refractivity contribution is -0.117. The van der Waals surface area contributed by atoms with E-state index in [1.807, 2.05) is 6.92 Å². The number of thiophene rings is 1. The first kappa shape index (κ1) is 11.5.